The van der Waals surface area contributed by atoms with Gasteiger partial charge in [0.15, 0.2) is 0 Å². The molecule has 82 valence electrons. The normalized spacial score (nSPS) is 10.4. The number of hydrogen-bond acceptors (Lipinski definition) is 2. The van der Waals surface area contributed by atoms with Crippen molar-refractivity contribution in [1.82, 2.24) is 0 Å². The van der Waals surface area contributed by atoms with Gasteiger partial charge in [-0.25, -0.2) is 4.79 Å². The lowest BCUT2D eigenvalue weighted by molar-refractivity contribution is 0.0505. The lowest BCUT2D eigenvalue weighted by Gasteiger charge is -2.06. The second-order valence-corrected chi connectivity index (χ2v) is 3.91. The highest BCUT2D eigenvalue weighted by molar-refractivity contribution is 5.89. The van der Waals surface area contributed by atoms with Crippen LogP contribution in [0.25, 0.3) is 0 Å². The molecule has 0 aromatic heterocycles. The first-order chi connectivity index (χ1) is 7.15. The van der Waals surface area contributed by atoms with Crippen molar-refractivity contribution in [1.29, 1.82) is 0 Å². The average molecular weight is 206 g/mol. The molecule has 0 unspecified atom stereocenters. The van der Waals surface area contributed by atoms with Crippen molar-refractivity contribution >= 4 is 5.97 Å². The summed E-state index contributed by atoms with van der Waals surface area (Å²) in [5.41, 5.74) is 1.87. The minimum absolute atomic E-state index is 0.229. The van der Waals surface area contributed by atoms with Gasteiger partial charge < -0.3 is 4.74 Å². The van der Waals surface area contributed by atoms with E-state index in [-0.39, 0.29) is 5.97 Å². The molecule has 15 heavy (non-hydrogen) atoms. The van der Waals surface area contributed by atoms with E-state index in [2.05, 4.69) is 13.8 Å². The zero-order valence-electron chi connectivity index (χ0n) is 9.62. The molecule has 0 fully saturated rings. The van der Waals surface area contributed by atoms with E-state index >= 15 is 0 Å². The van der Waals surface area contributed by atoms with Gasteiger partial charge in [-0.2, -0.15) is 0 Å². The van der Waals surface area contributed by atoms with Crippen molar-refractivity contribution in [3.05, 3.63) is 35.4 Å². The largest absolute Gasteiger partial charge is 0.462 e. The van der Waals surface area contributed by atoms with Gasteiger partial charge in [0.1, 0.15) is 0 Å². The molecule has 0 spiro atoms. The summed E-state index contributed by atoms with van der Waals surface area (Å²) in [4.78, 5) is 11.5. The molecule has 0 N–H and O–H groups in total. The van der Waals surface area contributed by atoms with Crippen LogP contribution in [-0.4, -0.2) is 12.6 Å². The summed E-state index contributed by atoms with van der Waals surface area (Å²) in [5, 5.41) is 0. The molecule has 0 aliphatic heterocycles. The van der Waals surface area contributed by atoms with Gasteiger partial charge in [-0.15, -0.1) is 0 Å². The van der Waals surface area contributed by atoms with Gasteiger partial charge in [0.25, 0.3) is 0 Å². The molecular weight excluding hydrogens is 188 g/mol. The Kier molecular flexibility index (Phi) is 4.35. The number of benzene rings is 1. The van der Waals surface area contributed by atoms with Crippen molar-refractivity contribution < 1.29 is 9.53 Å². The van der Waals surface area contributed by atoms with E-state index in [1.807, 2.05) is 31.2 Å². The predicted molar refractivity (Wildman–Crippen MR) is 61.1 cm³/mol. The molecule has 2 nitrogen and oxygen atoms in total. The third-order valence-corrected chi connectivity index (χ3v) is 2.25. The molecule has 0 heterocycles. The molecule has 0 aliphatic carbocycles. The van der Waals surface area contributed by atoms with Crippen LogP contribution in [0.15, 0.2) is 24.3 Å². The van der Waals surface area contributed by atoms with Crippen molar-refractivity contribution in [3.8, 4) is 0 Å². The fourth-order valence-electron chi connectivity index (χ4n) is 1.28. The quantitative estimate of drug-likeness (QED) is 0.706. The van der Waals surface area contributed by atoms with E-state index in [1.54, 1.807) is 0 Å². The van der Waals surface area contributed by atoms with E-state index in [0.29, 0.717) is 18.1 Å². The summed E-state index contributed by atoms with van der Waals surface area (Å²) >= 11 is 0. The van der Waals surface area contributed by atoms with E-state index in [9.17, 15) is 4.79 Å². The topological polar surface area (TPSA) is 26.3 Å². The van der Waals surface area contributed by atoms with Crippen LogP contribution in [-0.2, 0) is 4.74 Å². The molecule has 1 rings (SSSR count). The fraction of sp³-hybridized carbons (Fsp3) is 0.462. The Balaban J connectivity index is 2.67. The second kappa shape index (κ2) is 5.54. The standard InChI is InChI=1S/C13H18O2/c1-4-9-15-13(14)12-7-5-11(6-8-12)10(2)3/h5-8,10H,4,9H2,1-3H3. The first-order valence-corrected chi connectivity index (χ1v) is 5.42. The van der Waals surface area contributed by atoms with Crippen LogP contribution < -0.4 is 0 Å². The lowest BCUT2D eigenvalue weighted by atomic mass is 10.0. The molecule has 1 aromatic carbocycles. The maximum absolute atomic E-state index is 11.5. The third-order valence-electron chi connectivity index (χ3n) is 2.25. The Hall–Kier alpha value is -1.31. The summed E-state index contributed by atoms with van der Waals surface area (Å²) in [7, 11) is 0. The van der Waals surface area contributed by atoms with Gasteiger partial charge in [-0.05, 0) is 30.0 Å². The first kappa shape index (κ1) is 11.8. The third kappa shape index (κ3) is 3.39. The Morgan fingerprint density at radius 2 is 1.87 bits per heavy atom. The van der Waals surface area contributed by atoms with Gasteiger partial charge in [0.05, 0.1) is 12.2 Å². The van der Waals surface area contributed by atoms with Crippen molar-refractivity contribution in [3.63, 3.8) is 0 Å². The first-order valence-electron chi connectivity index (χ1n) is 5.42. The van der Waals surface area contributed by atoms with Gasteiger partial charge >= 0.3 is 5.97 Å². The summed E-state index contributed by atoms with van der Waals surface area (Å²) < 4.78 is 5.04. The number of carbonyl (C=O) groups is 1. The highest BCUT2D eigenvalue weighted by atomic mass is 16.5. The monoisotopic (exact) mass is 206 g/mol. The molecule has 0 amide bonds. The molecule has 0 saturated carbocycles. The maximum atomic E-state index is 11.5. The molecule has 0 aliphatic rings. The van der Waals surface area contributed by atoms with E-state index in [1.165, 1.54) is 5.56 Å². The van der Waals surface area contributed by atoms with Crippen LogP contribution in [0.1, 0.15) is 49.0 Å². The maximum Gasteiger partial charge on any atom is 0.338 e. The predicted octanol–water partition coefficient (Wildman–Crippen LogP) is 3.38. The molecule has 1 aromatic rings. The molecule has 0 saturated heterocycles. The Labute approximate surface area is 91.3 Å². The smallest absolute Gasteiger partial charge is 0.338 e. The SMILES string of the molecule is CCCOC(=O)c1ccc(C(C)C)cc1. The summed E-state index contributed by atoms with van der Waals surface area (Å²) in [6.07, 6.45) is 0.857. The number of ether oxygens (including phenoxy) is 1. The fourth-order valence-corrected chi connectivity index (χ4v) is 1.28. The highest BCUT2D eigenvalue weighted by Gasteiger charge is 2.06. The Morgan fingerprint density at radius 3 is 2.33 bits per heavy atom. The summed E-state index contributed by atoms with van der Waals surface area (Å²) in [6, 6.07) is 7.61. The Bertz CT molecular complexity index is 312. The molecular formula is C13H18O2. The number of esters is 1. The second-order valence-electron chi connectivity index (χ2n) is 3.91. The molecule has 0 bridgehead atoms. The number of hydrogen-bond donors (Lipinski definition) is 0. The number of rotatable bonds is 4. The van der Waals surface area contributed by atoms with Crippen molar-refractivity contribution in [2.75, 3.05) is 6.61 Å². The Morgan fingerprint density at radius 1 is 1.27 bits per heavy atom. The zero-order chi connectivity index (χ0) is 11.3. The minimum Gasteiger partial charge on any atom is -0.462 e. The van der Waals surface area contributed by atoms with Gasteiger partial charge in [0, 0.05) is 0 Å². The summed E-state index contributed by atoms with van der Waals surface area (Å²) in [6.45, 7) is 6.73. The zero-order valence-corrected chi connectivity index (χ0v) is 9.62. The van der Waals surface area contributed by atoms with Crippen LogP contribution in [0.4, 0.5) is 0 Å². The van der Waals surface area contributed by atoms with E-state index in [4.69, 9.17) is 4.74 Å². The van der Waals surface area contributed by atoms with Crippen molar-refractivity contribution in [2.24, 2.45) is 0 Å². The van der Waals surface area contributed by atoms with Crippen LogP contribution in [0.5, 0.6) is 0 Å². The van der Waals surface area contributed by atoms with Crippen LogP contribution in [0.3, 0.4) is 0 Å². The van der Waals surface area contributed by atoms with E-state index in [0.717, 1.165) is 6.42 Å². The van der Waals surface area contributed by atoms with Crippen LogP contribution in [0.2, 0.25) is 0 Å². The van der Waals surface area contributed by atoms with Crippen LogP contribution >= 0.6 is 0 Å². The lowest BCUT2D eigenvalue weighted by Crippen LogP contribution is -2.05. The molecule has 0 atom stereocenters. The minimum atomic E-state index is -0.229. The van der Waals surface area contributed by atoms with Gasteiger partial charge in [-0.1, -0.05) is 32.9 Å². The van der Waals surface area contributed by atoms with E-state index < -0.39 is 0 Å². The highest BCUT2D eigenvalue weighted by Crippen LogP contribution is 2.15. The van der Waals surface area contributed by atoms with Crippen LogP contribution in [0, 0.1) is 0 Å². The molecule has 0 radical (unpaired) electrons. The summed E-state index contributed by atoms with van der Waals surface area (Å²) in [5.74, 6) is 0.262. The van der Waals surface area contributed by atoms with Gasteiger partial charge in [0.2, 0.25) is 0 Å². The van der Waals surface area contributed by atoms with Gasteiger partial charge in [-0.3, -0.25) is 0 Å². The number of carbonyl (C=O) groups excluding carboxylic acids is 1. The van der Waals surface area contributed by atoms with Crippen molar-refractivity contribution in [2.45, 2.75) is 33.1 Å². The molecule has 2 heteroatoms. The average Bonchev–Trinajstić information content (AvgIpc) is 2.26.